The van der Waals surface area contributed by atoms with E-state index in [2.05, 4.69) is 31.9 Å². The average Bonchev–Trinajstić information content (AvgIpc) is 3.03. The molecule has 9 N–H and O–H groups in total. The summed E-state index contributed by atoms with van der Waals surface area (Å²) in [4.78, 5) is 67.8. The van der Waals surface area contributed by atoms with E-state index in [4.69, 9.17) is 17.2 Å². The number of carbonyl (C=O) groups is 6. The van der Waals surface area contributed by atoms with Crippen LogP contribution in [0.25, 0.3) is 0 Å². The van der Waals surface area contributed by atoms with Crippen LogP contribution in [0.4, 0.5) is 0 Å². The zero-order chi connectivity index (χ0) is 34.4. The van der Waals surface area contributed by atoms with Crippen molar-refractivity contribution in [2.24, 2.45) is 17.2 Å². The van der Waals surface area contributed by atoms with Crippen molar-refractivity contribution in [2.45, 2.75) is 64.5 Å². The molecule has 0 heterocycles. The van der Waals surface area contributed by atoms with Crippen LogP contribution in [0.3, 0.4) is 0 Å². The van der Waals surface area contributed by atoms with Gasteiger partial charge in [0.1, 0.15) is 0 Å². The monoisotopic (exact) mass is 732 g/mol. The minimum atomic E-state index is -0.625. The summed E-state index contributed by atoms with van der Waals surface area (Å²) in [6.07, 6.45) is 4.15. The molecule has 0 aromatic heterocycles. The van der Waals surface area contributed by atoms with Crippen molar-refractivity contribution in [2.75, 3.05) is 20.1 Å². The molecule has 4 amide bonds. The maximum atomic E-state index is 11.9. The van der Waals surface area contributed by atoms with Crippen LogP contribution < -0.4 is 33.2 Å². The molecular weight excluding hydrogens is 684 g/mol. The van der Waals surface area contributed by atoms with Crippen molar-refractivity contribution >= 4 is 44.4 Å². The number of primary amides is 2. The number of Topliss-reactive ketones (excluding diaryl/α,β-unsaturated/α-hetero) is 2. The van der Waals surface area contributed by atoms with Gasteiger partial charge in [-0.15, -0.1) is 0 Å². The standard InChI is InChI=1S/C16H23N3O3.C15H21N3O3.CH4P.Y/c1-11(20)12-6-8-13(9-7-12)16(22)19-10-4-3-5-14(18-2)15(17)21;1-10(19)11-5-7-12(8-6-11)15(21)18-9-3-2-4-13(16)14(17)20;1-2;/h6-9,14,18H,3-5,10H2,1-2H3,(H2,17,21)(H,19,22);5-8,13H,2-4,9,16H2,1H3,(H2,17,20)(H,18,21);1-2H2;/q;;-1;/t14-;13-;;/m00../s1. The molecule has 3 atom stereocenters. The predicted octanol–water partition coefficient (Wildman–Crippen LogP) is 2.12. The summed E-state index contributed by atoms with van der Waals surface area (Å²) >= 11 is 0. The molecule has 2 rings (SSSR count). The number of hydrogen-bond acceptors (Lipinski definition) is 8. The summed E-state index contributed by atoms with van der Waals surface area (Å²) in [7, 11) is 3.86. The van der Waals surface area contributed by atoms with E-state index in [-0.39, 0.29) is 68.0 Å². The van der Waals surface area contributed by atoms with Crippen molar-refractivity contribution in [1.29, 1.82) is 0 Å². The minimum absolute atomic E-state index is 0. The molecule has 0 saturated carbocycles. The largest absolute Gasteiger partial charge is 0.368 e. The number of likely N-dealkylation sites (N-methyl/N-ethyl adjacent to an activating group) is 1. The van der Waals surface area contributed by atoms with Crippen LogP contribution in [0.2, 0.25) is 0 Å². The van der Waals surface area contributed by atoms with Crippen molar-refractivity contribution in [3.63, 3.8) is 0 Å². The van der Waals surface area contributed by atoms with E-state index < -0.39 is 11.9 Å². The maximum absolute atomic E-state index is 11.9. The number of carbonyl (C=O) groups excluding carboxylic acids is 6. The SMILES string of the molecule is CC(=O)c1ccc(C(=O)NCCCC[C@H](N)C(N)=O)cc1.CN[C@@H](CCCCNC(=O)c1ccc(C(C)=O)cc1)C(N)=O.[CH2-]P.[Y]. The fourth-order valence-electron chi connectivity index (χ4n) is 3.85. The first-order valence-electron chi connectivity index (χ1n) is 14.6. The molecule has 14 heteroatoms. The van der Waals surface area contributed by atoms with Crippen LogP contribution in [0.15, 0.2) is 48.5 Å². The molecule has 251 valence electrons. The third-order valence-corrected chi connectivity index (χ3v) is 6.60. The molecule has 12 nitrogen and oxygen atoms in total. The third-order valence-electron chi connectivity index (χ3n) is 6.60. The number of unbranched alkanes of at least 4 members (excludes halogenated alkanes) is 2. The van der Waals surface area contributed by atoms with Crippen molar-refractivity contribution < 1.29 is 61.5 Å². The quantitative estimate of drug-likeness (QED) is 0.0612. The average molecular weight is 733 g/mol. The van der Waals surface area contributed by atoms with Gasteiger partial charge in [0.2, 0.25) is 11.8 Å². The molecule has 0 aliphatic heterocycles. The zero-order valence-corrected chi connectivity index (χ0v) is 31.0. The van der Waals surface area contributed by atoms with Crippen LogP contribution in [0.1, 0.15) is 93.8 Å². The van der Waals surface area contributed by atoms with E-state index in [1.807, 2.05) is 0 Å². The Balaban J connectivity index is 0. The Kier molecular flexibility index (Phi) is 25.8. The Morgan fingerprint density at radius 3 is 1.30 bits per heavy atom. The second-order valence-electron chi connectivity index (χ2n) is 10.0. The summed E-state index contributed by atoms with van der Waals surface area (Å²) < 4.78 is 0. The van der Waals surface area contributed by atoms with Crippen LogP contribution in [-0.2, 0) is 42.3 Å². The number of amides is 4. The molecule has 2 aromatic carbocycles. The third kappa shape index (κ3) is 18.9. The van der Waals surface area contributed by atoms with Gasteiger partial charge in [0.25, 0.3) is 11.8 Å². The molecule has 0 fully saturated rings. The normalized spacial score (nSPS) is 11.1. The van der Waals surface area contributed by atoms with E-state index in [1.54, 1.807) is 55.6 Å². The van der Waals surface area contributed by atoms with Gasteiger partial charge in [-0.2, -0.15) is 0 Å². The first-order valence-corrected chi connectivity index (χ1v) is 15.4. The number of rotatable bonds is 17. The van der Waals surface area contributed by atoms with E-state index in [1.165, 1.54) is 13.8 Å². The summed E-state index contributed by atoms with van der Waals surface area (Å²) in [5.74, 6) is -1.30. The molecule has 2 aromatic rings. The predicted molar refractivity (Wildman–Crippen MR) is 180 cm³/mol. The number of nitrogens with one attached hydrogen (secondary N) is 3. The fraction of sp³-hybridized carbons (Fsp3) is 0.406. The van der Waals surface area contributed by atoms with Gasteiger partial charge >= 0.3 is 0 Å². The molecule has 0 bridgehead atoms. The van der Waals surface area contributed by atoms with Gasteiger partial charge in [-0.25, -0.2) is 0 Å². The molecule has 0 aliphatic carbocycles. The Labute approximate surface area is 299 Å². The number of benzene rings is 2. The zero-order valence-electron chi connectivity index (χ0n) is 27.0. The van der Waals surface area contributed by atoms with Crippen LogP contribution in [-0.4, -0.2) is 67.4 Å². The minimum Gasteiger partial charge on any atom is -0.368 e. The van der Waals surface area contributed by atoms with Crippen LogP contribution in [0.5, 0.6) is 0 Å². The maximum Gasteiger partial charge on any atom is 0.251 e. The van der Waals surface area contributed by atoms with Crippen molar-refractivity contribution in [3.8, 4) is 0 Å². The van der Waals surface area contributed by atoms with Crippen LogP contribution in [0, 0.1) is 6.66 Å². The van der Waals surface area contributed by atoms with Crippen molar-refractivity contribution in [1.82, 2.24) is 16.0 Å². The molecule has 1 unspecified atom stereocenters. The van der Waals surface area contributed by atoms with Gasteiger partial charge in [-0.05, 0) is 83.7 Å². The molecular formula is C32H48N6O6PY-. The summed E-state index contributed by atoms with van der Waals surface area (Å²) in [5.41, 5.74) is 18.0. The van der Waals surface area contributed by atoms with E-state index in [0.717, 1.165) is 19.3 Å². The second kappa shape index (κ2) is 26.2. The van der Waals surface area contributed by atoms with E-state index >= 15 is 0 Å². The summed E-state index contributed by atoms with van der Waals surface area (Å²) in [6, 6.07) is 12.1. The first-order chi connectivity index (χ1) is 21.4. The Bertz CT molecular complexity index is 1240. The molecule has 0 spiro atoms. The molecule has 46 heavy (non-hydrogen) atoms. The van der Waals surface area contributed by atoms with Gasteiger partial charge in [-0.1, -0.05) is 24.3 Å². The summed E-state index contributed by atoms with van der Waals surface area (Å²) in [6.45, 7) is 7.16. The van der Waals surface area contributed by atoms with E-state index in [0.29, 0.717) is 54.6 Å². The molecule has 0 aliphatic rings. The Morgan fingerprint density at radius 2 is 1.00 bits per heavy atom. The smallest absolute Gasteiger partial charge is 0.251 e. The topological polar surface area (TPSA) is 217 Å². The van der Waals surface area contributed by atoms with Gasteiger partial charge in [-0.3, -0.25) is 28.8 Å². The molecule has 0 saturated heterocycles. The van der Waals surface area contributed by atoms with Gasteiger partial charge < -0.3 is 49.1 Å². The van der Waals surface area contributed by atoms with Gasteiger partial charge in [0, 0.05) is 68.1 Å². The van der Waals surface area contributed by atoms with Crippen molar-refractivity contribution in [3.05, 3.63) is 77.4 Å². The summed E-state index contributed by atoms with van der Waals surface area (Å²) in [5, 5.41) is 8.43. The first kappa shape index (κ1) is 45.2. The van der Waals surface area contributed by atoms with Crippen LogP contribution >= 0.6 is 9.24 Å². The fourth-order valence-corrected chi connectivity index (χ4v) is 3.85. The Morgan fingerprint density at radius 1 is 0.652 bits per heavy atom. The molecule has 1 radical (unpaired) electrons. The Hall–Kier alpha value is -2.89. The number of nitrogens with two attached hydrogens (primary N) is 3. The number of hydrogen-bond donors (Lipinski definition) is 6. The second-order valence-corrected chi connectivity index (χ2v) is 10.0. The van der Waals surface area contributed by atoms with E-state index in [9.17, 15) is 28.8 Å². The number of ketones is 2. The van der Waals surface area contributed by atoms with Gasteiger partial charge in [0.15, 0.2) is 11.6 Å². The van der Waals surface area contributed by atoms with Gasteiger partial charge in [0.05, 0.1) is 12.1 Å².